The van der Waals surface area contributed by atoms with Crippen molar-refractivity contribution in [1.82, 2.24) is 19.9 Å². The fraction of sp³-hybridized carbons (Fsp3) is 0.452. The number of amides is 3. The van der Waals surface area contributed by atoms with Crippen molar-refractivity contribution in [3.05, 3.63) is 71.9 Å². The van der Waals surface area contributed by atoms with Crippen molar-refractivity contribution in [2.24, 2.45) is 22.5 Å². The van der Waals surface area contributed by atoms with Crippen molar-refractivity contribution in [2.75, 3.05) is 34.2 Å². The van der Waals surface area contributed by atoms with Gasteiger partial charge in [-0.1, -0.05) is 62.4 Å². The third-order valence-electron chi connectivity index (χ3n) is 8.52. The van der Waals surface area contributed by atoms with E-state index < -0.39 is 22.7 Å². The molecule has 1 aliphatic heterocycles. The summed E-state index contributed by atoms with van der Waals surface area (Å²) in [7, 11) is 5.45. The van der Waals surface area contributed by atoms with E-state index in [-0.39, 0.29) is 18.4 Å². The molecule has 4 rings (SSSR count). The number of H-pyrrole nitrogens is 1. The number of nitrogens with one attached hydrogen (secondary N) is 1. The molecule has 8 nitrogen and oxygen atoms in total. The number of aromatic nitrogens is 1. The minimum absolute atomic E-state index is 0.0174. The van der Waals surface area contributed by atoms with E-state index in [0.717, 1.165) is 22.0 Å². The predicted molar refractivity (Wildman–Crippen MR) is 153 cm³/mol. The van der Waals surface area contributed by atoms with E-state index in [1.165, 1.54) is 0 Å². The third-order valence-corrected chi connectivity index (χ3v) is 8.52. The van der Waals surface area contributed by atoms with Crippen LogP contribution in [0.4, 0.5) is 0 Å². The monoisotopic (exact) mass is 531 g/mol. The number of hydrogen-bond donors (Lipinski definition) is 2. The first-order valence-corrected chi connectivity index (χ1v) is 13.6. The van der Waals surface area contributed by atoms with E-state index in [1.807, 2.05) is 74.9 Å². The highest BCUT2D eigenvalue weighted by Crippen LogP contribution is 2.39. The summed E-state index contributed by atoms with van der Waals surface area (Å²) >= 11 is 0. The highest BCUT2D eigenvalue weighted by atomic mass is 16.2. The average molecular weight is 532 g/mol. The first-order chi connectivity index (χ1) is 18.5. The summed E-state index contributed by atoms with van der Waals surface area (Å²) in [6, 6.07) is 17.9. The SMILES string of the molecule is CN(C)N(C)C(=O)[C@@]1(Cc2ccccc2)CCCN(C(=O)[C@H](Cc2c[nH]c3ccccc23)C(C)(C)C(N)=O)C1. The summed E-state index contributed by atoms with van der Waals surface area (Å²) in [6.07, 6.45) is 4.18. The zero-order valence-corrected chi connectivity index (χ0v) is 23.7. The van der Waals surface area contributed by atoms with E-state index in [2.05, 4.69) is 4.98 Å². The lowest BCUT2D eigenvalue weighted by molar-refractivity contribution is -0.161. The second-order valence-corrected chi connectivity index (χ2v) is 11.7. The van der Waals surface area contributed by atoms with Crippen LogP contribution in [0.1, 0.15) is 37.8 Å². The molecule has 2 heterocycles. The molecule has 8 heteroatoms. The highest BCUT2D eigenvalue weighted by Gasteiger charge is 2.48. The summed E-state index contributed by atoms with van der Waals surface area (Å²) in [4.78, 5) is 46.1. The predicted octanol–water partition coefficient (Wildman–Crippen LogP) is 3.62. The molecule has 0 unspecified atom stereocenters. The quantitative estimate of drug-likeness (QED) is 0.412. The van der Waals surface area contributed by atoms with Crippen LogP contribution in [0, 0.1) is 16.7 Å². The molecule has 2 aromatic carbocycles. The fourth-order valence-electron chi connectivity index (χ4n) is 5.79. The Kier molecular flexibility index (Phi) is 8.16. The van der Waals surface area contributed by atoms with Crippen LogP contribution < -0.4 is 5.73 Å². The van der Waals surface area contributed by atoms with Crippen molar-refractivity contribution in [3.63, 3.8) is 0 Å². The normalized spacial score (nSPS) is 18.8. The molecule has 3 N–H and O–H groups in total. The Hall–Kier alpha value is -3.65. The molecule has 0 aliphatic carbocycles. The van der Waals surface area contributed by atoms with Crippen molar-refractivity contribution >= 4 is 28.6 Å². The van der Waals surface area contributed by atoms with Crippen LogP contribution in [0.5, 0.6) is 0 Å². The van der Waals surface area contributed by atoms with Crippen molar-refractivity contribution < 1.29 is 14.4 Å². The van der Waals surface area contributed by atoms with Crippen LogP contribution in [-0.4, -0.2) is 71.9 Å². The number of aromatic amines is 1. The van der Waals surface area contributed by atoms with Crippen molar-refractivity contribution in [1.29, 1.82) is 0 Å². The molecule has 1 aromatic heterocycles. The van der Waals surface area contributed by atoms with Crippen LogP contribution in [0.15, 0.2) is 60.8 Å². The van der Waals surface area contributed by atoms with Gasteiger partial charge >= 0.3 is 0 Å². The Morgan fingerprint density at radius 1 is 1.05 bits per heavy atom. The molecule has 3 aromatic rings. The number of para-hydroxylation sites is 1. The van der Waals surface area contributed by atoms with Gasteiger partial charge in [0.2, 0.25) is 17.7 Å². The van der Waals surface area contributed by atoms with Crippen molar-refractivity contribution in [3.8, 4) is 0 Å². The maximum absolute atomic E-state index is 14.4. The number of hydrazine groups is 1. The van der Waals surface area contributed by atoms with E-state index >= 15 is 0 Å². The second kappa shape index (κ2) is 11.2. The number of primary amides is 1. The number of fused-ring (bicyclic) bond motifs is 1. The summed E-state index contributed by atoms with van der Waals surface area (Å²) in [5, 5.41) is 4.43. The average Bonchev–Trinajstić information content (AvgIpc) is 3.33. The molecule has 0 bridgehead atoms. The van der Waals surface area contributed by atoms with E-state index in [4.69, 9.17) is 5.73 Å². The molecule has 208 valence electrons. The molecule has 2 atom stereocenters. The van der Waals surface area contributed by atoms with E-state index in [9.17, 15) is 14.4 Å². The minimum Gasteiger partial charge on any atom is -0.369 e. The van der Waals surface area contributed by atoms with Gasteiger partial charge < -0.3 is 15.6 Å². The molecule has 0 radical (unpaired) electrons. The number of nitrogens with two attached hydrogens (primary N) is 1. The van der Waals surface area contributed by atoms with E-state index in [1.54, 1.807) is 35.8 Å². The Balaban J connectivity index is 1.70. The smallest absolute Gasteiger partial charge is 0.244 e. The van der Waals surface area contributed by atoms with Crippen LogP contribution >= 0.6 is 0 Å². The molecule has 1 saturated heterocycles. The molecule has 1 aliphatic rings. The first-order valence-electron chi connectivity index (χ1n) is 13.6. The lowest BCUT2D eigenvalue weighted by atomic mass is 9.71. The van der Waals surface area contributed by atoms with Crippen LogP contribution in [0.25, 0.3) is 10.9 Å². The lowest BCUT2D eigenvalue weighted by Gasteiger charge is -2.46. The van der Waals surface area contributed by atoms with Crippen LogP contribution in [-0.2, 0) is 27.2 Å². The largest absolute Gasteiger partial charge is 0.369 e. The lowest BCUT2D eigenvalue weighted by Crippen LogP contribution is -2.58. The van der Waals surface area contributed by atoms with Gasteiger partial charge in [0.05, 0.1) is 16.7 Å². The summed E-state index contributed by atoms with van der Waals surface area (Å²) in [5.41, 5.74) is 7.01. The number of nitrogens with zero attached hydrogens (tertiary/aromatic N) is 3. The van der Waals surface area contributed by atoms with Crippen molar-refractivity contribution in [2.45, 2.75) is 39.5 Å². The van der Waals surface area contributed by atoms with Gasteiger partial charge in [-0.2, -0.15) is 0 Å². The second-order valence-electron chi connectivity index (χ2n) is 11.7. The maximum atomic E-state index is 14.4. The van der Waals surface area contributed by atoms with Gasteiger partial charge in [-0.05, 0) is 42.9 Å². The van der Waals surface area contributed by atoms with Crippen LogP contribution in [0.2, 0.25) is 0 Å². The van der Waals surface area contributed by atoms with Gasteiger partial charge in [0.15, 0.2) is 0 Å². The molecule has 0 saturated carbocycles. The molecule has 39 heavy (non-hydrogen) atoms. The summed E-state index contributed by atoms with van der Waals surface area (Å²) in [5.74, 6) is -1.35. The summed E-state index contributed by atoms with van der Waals surface area (Å²) in [6.45, 7) is 4.32. The zero-order chi connectivity index (χ0) is 28.4. The molecule has 3 amide bonds. The topological polar surface area (TPSA) is 103 Å². The number of carbonyl (C=O) groups excluding carboxylic acids is 3. The number of piperidine rings is 1. The van der Waals surface area contributed by atoms with Gasteiger partial charge in [-0.3, -0.25) is 19.4 Å². The number of carbonyl (C=O) groups is 3. The molecule has 1 fully saturated rings. The molecular formula is C31H41N5O3. The first kappa shape index (κ1) is 28.4. The Morgan fingerprint density at radius 2 is 1.72 bits per heavy atom. The summed E-state index contributed by atoms with van der Waals surface area (Å²) < 4.78 is 0. The van der Waals surface area contributed by atoms with Gasteiger partial charge in [0.25, 0.3) is 0 Å². The zero-order valence-electron chi connectivity index (χ0n) is 23.7. The Morgan fingerprint density at radius 3 is 2.38 bits per heavy atom. The number of rotatable bonds is 9. The minimum atomic E-state index is -1.08. The fourth-order valence-corrected chi connectivity index (χ4v) is 5.79. The molecular weight excluding hydrogens is 490 g/mol. The highest BCUT2D eigenvalue weighted by molar-refractivity contribution is 5.91. The molecule has 0 spiro atoms. The Bertz CT molecular complexity index is 1330. The van der Waals surface area contributed by atoms with Gasteiger partial charge in [0.1, 0.15) is 0 Å². The van der Waals surface area contributed by atoms with Gasteiger partial charge in [-0.15, -0.1) is 0 Å². The van der Waals surface area contributed by atoms with E-state index in [0.29, 0.717) is 32.2 Å². The van der Waals surface area contributed by atoms with Gasteiger partial charge in [0, 0.05) is 51.3 Å². The number of likely N-dealkylation sites (tertiary alicyclic amines) is 1. The standard InChI is InChI=1S/C31H41N5O3/c1-30(2,28(32)38)25(18-23-20-33-26-15-10-9-14-24(23)26)27(37)36-17-11-16-31(21-36,29(39)35(5)34(3)4)19-22-12-7-6-8-13-22/h6-10,12-15,20,25,33H,11,16-19,21H2,1-5H3,(H2,32,38)/t25-,31+/m0/s1. The van der Waals surface area contributed by atoms with Gasteiger partial charge in [-0.25, -0.2) is 5.01 Å². The number of benzene rings is 2. The third kappa shape index (κ3) is 5.71. The number of hydrogen-bond acceptors (Lipinski definition) is 4. The maximum Gasteiger partial charge on any atom is 0.244 e. The van der Waals surface area contributed by atoms with Crippen LogP contribution in [0.3, 0.4) is 0 Å². The Labute approximate surface area is 231 Å².